The number of aliphatic hydroxyl groups excluding tert-OH is 26. The zero-order valence-electron chi connectivity index (χ0n) is 83.0. The van der Waals surface area contributed by atoms with Crippen LogP contribution in [0.3, 0.4) is 0 Å². The summed E-state index contributed by atoms with van der Waals surface area (Å²) in [6.07, 6.45) is -31.9. The van der Waals surface area contributed by atoms with Crippen LogP contribution in [0.4, 0.5) is 0 Å². The van der Waals surface area contributed by atoms with E-state index >= 15 is 0 Å². The van der Waals surface area contributed by atoms with Gasteiger partial charge in [0, 0.05) is 64.4 Å². The van der Waals surface area contributed by atoms with E-state index in [9.17, 15) is 127 Å². The molecule has 0 amide bonds. The van der Waals surface area contributed by atoms with Crippen LogP contribution >= 0.6 is 0 Å². The van der Waals surface area contributed by atoms with E-state index in [1.165, 1.54) is 13.8 Å². The molecule has 12 rings (SSSR count). The van der Waals surface area contributed by atoms with Crippen LogP contribution in [0.2, 0.25) is 0 Å². The van der Waals surface area contributed by atoms with Gasteiger partial charge in [-0.25, -0.2) is 4.79 Å². The highest BCUT2D eigenvalue weighted by atomic mass is 16.6. The van der Waals surface area contributed by atoms with Gasteiger partial charge in [0.25, 0.3) is 6.47 Å². The van der Waals surface area contributed by atoms with Crippen LogP contribution in [0.5, 0.6) is 0 Å². The van der Waals surface area contributed by atoms with Gasteiger partial charge in [0.1, 0.15) is 188 Å². The van der Waals surface area contributed by atoms with Gasteiger partial charge in [0.15, 0.2) is 5.60 Å². The molecule has 52 N–H and O–H groups in total. The summed E-state index contributed by atoms with van der Waals surface area (Å²) in [6.45, 7) is 24.7. The Morgan fingerprint density at radius 3 is 1.11 bits per heavy atom. The predicted octanol–water partition coefficient (Wildman–Crippen LogP) is -18.7. The minimum absolute atomic E-state index is 0.0187. The average Bonchev–Trinajstić information content (AvgIpc) is 1.30. The highest BCUT2D eigenvalue weighted by molar-refractivity contribution is 5.78. The van der Waals surface area contributed by atoms with Crippen molar-refractivity contribution >= 4 is 18.4 Å². The molecule has 12 aliphatic heterocycles. The van der Waals surface area contributed by atoms with E-state index in [0.717, 1.165) is 26.4 Å². The minimum Gasteiger partial charge on any atom is -0.481 e. The van der Waals surface area contributed by atoms with Crippen LogP contribution in [0, 0.1) is 5.92 Å². The Bertz CT molecular complexity index is 3320. The molecule has 846 valence electrons. The van der Waals surface area contributed by atoms with Crippen molar-refractivity contribution in [3.63, 3.8) is 0 Å². The van der Waals surface area contributed by atoms with Crippen molar-refractivity contribution in [3.8, 4) is 0 Å². The number of ether oxygens (including phenoxy) is 13. The molecule has 57 nitrogen and oxygen atoms in total. The molecule has 12 saturated heterocycles. The molecule has 12 heterocycles. The summed E-state index contributed by atoms with van der Waals surface area (Å²) in [4.78, 5) is 31.6. The minimum atomic E-state index is -2.04. The van der Waals surface area contributed by atoms with Crippen molar-refractivity contribution in [2.75, 3.05) is 72.2 Å². The number of carbonyl (C=O) groups is 3. The van der Waals surface area contributed by atoms with Crippen molar-refractivity contribution in [1.82, 2.24) is 0 Å². The highest BCUT2D eigenvalue weighted by Gasteiger charge is 2.58. The smallest absolute Gasteiger partial charge is 0.338 e. The Labute approximate surface area is 824 Å². The van der Waals surface area contributed by atoms with Crippen molar-refractivity contribution < 1.29 is 229 Å². The maximum absolute atomic E-state index is 10.8. The van der Waals surface area contributed by atoms with Crippen LogP contribution in [0.15, 0.2) is 0 Å². The lowest BCUT2D eigenvalue weighted by Crippen LogP contribution is -2.70. The molecule has 142 heavy (non-hydrogen) atoms. The van der Waals surface area contributed by atoms with E-state index in [-0.39, 0.29) is 107 Å². The van der Waals surface area contributed by atoms with Crippen LogP contribution in [-0.2, 0) is 76.0 Å². The third-order valence-corrected chi connectivity index (χ3v) is 26.4. The first-order valence-corrected chi connectivity index (χ1v) is 47.2. The summed E-state index contributed by atoms with van der Waals surface area (Å²) in [5, 5.41) is 278. The molecular weight excluding hydrogens is 1910 g/mol. The number of carboxylic acid groups (broad SMARTS) is 2. The molecule has 51 atom stereocenters. The van der Waals surface area contributed by atoms with Crippen LogP contribution in [0.25, 0.3) is 0 Å². The van der Waals surface area contributed by atoms with E-state index in [1.54, 1.807) is 41.5 Å². The van der Waals surface area contributed by atoms with Crippen LogP contribution in [-0.4, -0.2) is 547 Å². The van der Waals surface area contributed by atoms with Crippen LogP contribution in [0.1, 0.15) is 135 Å². The SMILES string of the molecule is CC1O[C@@H](C)[C@H](O)[C@H](O)[C@@]1(N)OC=O.CCC1OC(C(O)CN)[C@H](O)[C@@H]1O.CC[C@@H]1OC(N)[C@@H](O)[C@H]1O.CC[C@@H]1O[C@H](CN)[C@@H](O)[C@H]1O.CC[C@H](N)[C@@H](O)[C@@H]1CCO[C@H]1C.C[C@@H]1O[C@H](CN)[C@H](O)[C@@H]1O.C[C@@]1(O)COC(CN)[C@H]1O.C[C@H]1O[C@H](CN)[C@@H](O)[C@@H]1O.C[C@H]1O[C@H](CN)[C@@H](O)[C@H]1O.C[C@H]1O[C@H](CN)[C@@](O)(CC(=O)O)[C@H]1O.C[C@]1(C(=O)O)O[C@H](CO)[C@@H](O)[C@H](O)[C@@H]1O.C[C@]1(N)O[C@H](CO)[C@H](O)[C@H](O)[C@H]1O. The van der Waals surface area contributed by atoms with Gasteiger partial charge in [0.05, 0.1) is 124 Å². The normalized spacial score (nSPS) is 45.9. The Morgan fingerprint density at radius 1 is 0.423 bits per heavy atom. The molecule has 0 saturated carbocycles. The molecule has 0 aromatic rings. The number of nitrogens with two attached hydrogens (primary N) is 11. The molecular formula is C85H175N11O46. The average molecular weight is 2090 g/mol. The molecule has 0 bridgehead atoms. The molecule has 12 fully saturated rings. The van der Waals surface area contributed by atoms with Gasteiger partial charge >= 0.3 is 11.9 Å². The van der Waals surface area contributed by atoms with Gasteiger partial charge in [-0.3, -0.25) is 15.3 Å². The third-order valence-electron chi connectivity index (χ3n) is 26.4. The van der Waals surface area contributed by atoms with Crippen molar-refractivity contribution in [1.29, 1.82) is 0 Å². The maximum atomic E-state index is 10.8. The zero-order chi connectivity index (χ0) is 110. The first-order valence-electron chi connectivity index (χ1n) is 47.2. The lowest BCUT2D eigenvalue weighted by molar-refractivity contribution is -0.267. The number of carbonyl (C=O) groups excluding carboxylic acids is 1. The van der Waals surface area contributed by atoms with Crippen LogP contribution < -0.4 is 63.1 Å². The van der Waals surface area contributed by atoms with Gasteiger partial charge in [-0.1, -0.05) is 27.7 Å². The van der Waals surface area contributed by atoms with E-state index in [4.69, 9.17) is 161 Å². The molecule has 0 aromatic carbocycles. The second-order valence-corrected chi connectivity index (χ2v) is 37.2. The Kier molecular flexibility index (Phi) is 60.5. The summed E-state index contributed by atoms with van der Waals surface area (Å²) in [5.41, 5.74) is 50.9. The topological polar surface area (TPSA) is 1060 Å². The monoisotopic (exact) mass is 2090 g/mol. The second kappa shape index (κ2) is 63.0. The fraction of sp³-hybridized carbons (Fsp3) is 0.965. The van der Waals surface area contributed by atoms with Gasteiger partial charge in [-0.2, -0.15) is 0 Å². The van der Waals surface area contributed by atoms with Gasteiger partial charge in [0.2, 0.25) is 5.72 Å². The maximum Gasteiger partial charge on any atom is 0.338 e. The molecule has 0 aromatic heterocycles. The second-order valence-electron chi connectivity index (χ2n) is 37.2. The van der Waals surface area contributed by atoms with Crippen molar-refractivity contribution in [2.24, 2.45) is 69.0 Å². The molecule has 0 spiro atoms. The van der Waals surface area contributed by atoms with Crippen molar-refractivity contribution in [3.05, 3.63) is 0 Å². The first-order chi connectivity index (χ1) is 65.8. The lowest BCUT2D eigenvalue weighted by Gasteiger charge is -2.45. The third kappa shape index (κ3) is 36.6. The molecule has 6 unspecified atom stereocenters. The Balaban J connectivity index is 0.000000776. The zero-order valence-corrected chi connectivity index (χ0v) is 83.0. The molecule has 12 aliphatic rings. The number of aliphatic hydroxyl groups is 28. The van der Waals surface area contributed by atoms with E-state index in [2.05, 4.69) is 4.74 Å². The van der Waals surface area contributed by atoms with Gasteiger partial charge in [-0.05, 0) is 101 Å². The summed E-state index contributed by atoms with van der Waals surface area (Å²) in [5.74, 6) is -2.43. The van der Waals surface area contributed by atoms with Gasteiger partial charge in [-0.15, -0.1) is 0 Å². The standard InChI is InChI=1S/C9H19NO2.2C8H15NO5.C8H17NO4.C8H14O7.C7H15NO5.C7H15NO3.5C6H13NO3/c1-3-8(10)9(11)7-4-5-12-6(7)2;1-4-7(12)8(13,2-6(10)11)5(3-9)14-4;1-4-6(11)7(12)8(9,13-3-10)5(2)14-4;1-2-5-6(11)7(12)8(13-5)4(10)3-9;1-8(7(13)14)6(12)5(11)4(10)3(2-9)15-8;1-7(8)6(12)5(11)4(10)3(2-9)13-7;1-2-4-6(9)7(10)5(3-8)11-4;1-6(9)3-10-4(2-7)5(6)8;3*1-3-5(8)6(9)4(2-7)10-3;1-2-3-4(8)5(9)6(7)10-3/h6-9,11H,3-5,10H2,1-2H3;4-5,7,12-13H,2-3,9H2,1H3,(H,10,11);3-7,11-12H,9H2,1-2H3;4-8,10-12H,2-3,9H2,1H3;3-6,9-12H,2H2,1H3,(H,13,14);3-6,9-12H,2,8H2,1H3;4-7,9-10H,2-3,8H2,1H3;4-5,8-9H,2-3,7H2,1H3;4*3-6,8-9H,2,7H2,1H3/t6-,7+,8-,9-;4-,5-,7+,8+;4-,5?,6-,7-,8-;4?,5?,6-,7-,8?;3-,4-,5+,6+,8+;3-,4+,5+,6-,7+;4-,5+,6-,7+;4?,5-,6-;3-,4+,5+,6-;3-,4-,5+,6-;3-,4-,5-,6-;3-,4-,5-,6?/m010111010110/s1. The summed E-state index contributed by atoms with van der Waals surface area (Å²) >= 11 is 0. The fourth-order valence-corrected chi connectivity index (χ4v) is 16.4. The summed E-state index contributed by atoms with van der Waals surface area (Å²) in [6, 6.07) is -0.0980. The Hall–Kier alpha value is -3.63. The summed E-state index contributed by atoms with van der Waals surface area (Å²) < 4.78 is 66.0. The highest BCUT2D eigenvalue weighted by Crippen LogP contribution is 2.37. The fourth-order valence-electron chi connectivity index (χ4n) is 16.4. The first kappa shape index (κ1) is 136. The van der Waals surface area contributed by atoms with E-state index in [0.29, 0.717) is 19.3 Å². The summed E-state index contributed by atoms with van der Waals surface area (Å²) in [7, 11) is 0. The largest absolute Gasteiger partial charge is 0.481 e. The van der Waals surface area contributed by atoms with Crippen molar-refractivity contribution in [2.45, 2.75) is 438 Å². The number of hydrogen-bond acceptors (Lipinski definition) is 55. The molecule has 57 heteroatoms. The Morgan fingerprint density at radius 2 is 0.810 bits per heavy atom. The lowest BCUT2D eigenvalue weighted by atomic mass is 9.86. The van der Waals surface area contributed by atoms with Gasteiger partial charge < -0.3 is 272 Å². The number of rotatable bonds is 21. The van der Waals surface area contributed by atoms with E-state index in [1.807, 2.05) is 34.6 Å². The number of carboxylic acids is 2. The molecule has 0 radical (unpaired) electrons. The van der Waals surface area contributed by atoms with E-state index < -0.39 is 292 Å². The number of hydrogen-bond donors (Lipinski definition) is 41. The quantitative estimate of drug-likeness (QED) is 0.0375. The number of aliphatic carboxylic acids is 2. The predicted molar refractivity (Wildman–Crippen MR) is 492 cm³/mol. The molecule has 0 aliphatic carbocycles.